The first-order valence-electron chi connectivity index (χ1n) is 18.8. The average Bonchev–Trinajstić information content (AvgIpc) is 3.49. The monoisotopic (exact) mass is 746 g/mol. The van der Waals surface area contributed by atoms with Gasteiger partial charge in [0.15, 0.2) is 5.82 Å². The van der Waals surface area contributed by atoms with Gasteiger partial charge in [0.2, 0.25) is 5.95 Å². The minimum atomic E-state index is 0.164. The molecule has 3 aliphatic heterocycles. The molecule has 7 rings (SSSR count). The second-order valence-electron chi connectivity index (χ2n) is 14.6. The first kappa shape index (κ1) is 38.7. The smallest absolute Gasteiger partial charge is 0.227 e. The predicted molar refractivity (Wildman–Crippen MR) is 229 cm³/mol. The molecule has 54 heavy (non-hydrogen) atoms. The fourth-order valence-corrected chi connectivity index (χ4v) is 7.99. The molecule has 10 nitrogen and oxygen atoms in total. The SMILES string of the molecule is C=CCCC1=Cc2cc(Nc3nc(N4CCCC(CN(C)c5cccc6c(C7CCC(=C)NC7=C)nn(C)c56)C4)ncc3Cl)ccc2N(C)C1=C.CNC. The molecule has 2 saturated heterocycles. The van der Waals surface area contributed by atoms with E-state index < -0.39 is 0 Å². The van der Waals surface area contributed by atoms with Crippen LogP contribution in [-0.4, -0.2) is 67.6 Å². The van der Waals surface area contributed by atoms with Gasteiger partial charge in [-0.05, 0) is 94.5 Å². The van der Waals surface area contributed by atoms with Crippen molar-refractivity contribution < 1.29 is 0 Å². The second kappa shape index (κ2) is 17.0. The van der Waals surface area contributed by atoms with E-state index in [0.717, 1.165) is 103 Å². The number of aromatic nitrogens is 4. The van der Waals surface area contributed by atoms with E-state index in [2.05, 4.69) is 119 Å². The molecule has 2 aromatic heterocycles. The highest BCUT2D eigenvalue weighted by molar-refractivity contribution is 6.32. The van der Waals surface area contributed by atoms with Crippen molar-refractivity contribution in [2.45, 2.75) is 44.4 Å². The van der Waals surface area contributed by atoms with Crippen molar-refractivity contribution in [3.63, 3.8) is 0 Å². The Bertz CT molecular complexity index is 2080. The van der Waals surface area contributed by atoms with Crippen LogP contribution in [0.15, 0.2) is 97.7 Å². The number of rotatable bonds is 10. The standard InChI is InChI=1S/C41H48ClN9.C2H7N/c1-8-9-13-30-21-31-22-32(17-19-36(31)49(6)28(30)4)45-40-35(42)23-43-41(46-40)51-20-11-12-29(25-51)24-48(5)37-15-10-14-34-38(47-50(7)39(34)37)33-18-16-26(2)44-27(33)3;1-3-2/h8,10,14-15,17,19,21-23,29,33,44H,1-4,9,11-13,16,18,20,24-25H2,5-7H3,(H,43,45,46);3H,1-2H3. The third kappa shape index (κ3) is 8.20. The quantitative estimate of drug-likeness (QED) is 0.138. The van der Waals surface area contributed by atoms with Crippen molar-refractivity contribution in [3.8, 4) is 0 Å². The highest BCUT2D eigenvalue weighted by Crippen LogP contribution is 2.40. The molecule has 2 unspecified atom stereocenters. The van der Waals surface area contributed by atoms with Crippen LogP contribution in [0.1, 0.15) is 55.7 Å². The fourth-order valence-electron chi connectivity index (χ4n) is 7.86. The topological polar surface area (TPSA) is 89.4 Å². The zero-order valence-electron chi connectivity index (χ0n) is 32.6. The molecule has 5 heterocycles. The molecule has 0 bridgehead atoms. The summed E-state index contributed by atoms with van der Waals surface area (Å²) >= 11 is 6.67. The number of fused-ring (bicyclic) bond motifs is 2. The van der Waals surface area contributed by atoms with E-state index in [1.54, 1.807) is 6.20 Å². The summed E-state index contributed by atoms with van der Waals surface area (Å²) in [4.78, 5) is 16.5. The lowest BCUT2D eigenvalue weighted by Crippen LogP contribution is -2.41. The Morgan fingerprint density at radius 3 is 2.67 bits per heavy atom. The molecule has 0 saturated carbocycles. The number of hydrogen-bond donors (Lipinski definition) is 3. The minimum Gasteiger partial charge on any atom is -0.373 e. The number of allylic oxidation sites excluding steroid dienone is 4. The van der Waals surface area contributed by atoms with Gasteiger partial charge in [-0.15, -0.1) is 6.58 Å². The third-order valence-electron chi connectivity index (χ3n) is 10.5. The summed E-state index contributed by atoms with van der Waals surface area (Å²) in [6.07, 6.45) is 11.8. The molecule has 2 atom stereocenters. The number of nitrogens with zero attached hydrogens (tertiary/aromatic N) is 7. The van der Waals surface area contributed by atoms with E-state index in [1.165, 1.54) is 16.6 Å². The zero-order valence-corrected chi connectivity index (χ0v) is 33.3. The van der Waals surface area contributed by atoms with Crippen molar-refractivity contribution in [2.75, 3.05) is 67.8 Å². The molecule has 2 fully saturated rings. The third-order valence-corrected chi connectivity index (χ3v) is 10.8. The molecule has 0 amide bonds. The van der Waals surface area contributed by atoms with Crippen LogP contribution >= 0.6 is 11.6 Å². The highest BCUT2D eigenvalue weighted by atomic mass is 35.5. The van der Waals surface area contributed by atoms with Crippen LogP contribution < -0.4 is 30.7 Å². The summed E-state index contributed by atoms with van der Waals surface area (Å²) in [5.74, 6) is 1.89. The molecule has 0 radical (unpaired) electrons. The van der Waals surface area contributed by atoms with Gasteiger partial charge in [-0.3, -0.25) is 4.68 Å². The maximum Gasteiger partial charge on any atom is 0.227 e. The maximum atomic E-state index is 6.67. The van der Waals surface area contributed by atoms with Crippen LogP contribution in [0.4, 0.5) is 28.8 Å². The molecule has 0 spiro atoms. The van der Waals surface area contributed by atoms with E-state index >= 15 is 0 Å². The Morgan fingerprint density at radius 2 is 1.91 bits per heavy atom. The lowest BCUT2D eigenvalue weighted by Gasteiger charge is -2.35. The first-order chi connectivity index (χ1) is 26.0. The molecule has 2 aromatic carbocycles. The van der Waals surface area contributed by atoms with Gasteiger partial charge in [-0.2, -0.15) is 10.1 Å². The maximum absolute atomic E-state index is 6.67. The van der Waals surface area contributed by atoms with Crippen LogP contribution in [0.25, 0.3) is 17.0 Å². The highest BCUT2D eigenvalue weighted by Gasteiger charge is 2.28. The van der Waals surface area contributed by atoms with Crippen molar-refractivity contribution in [1.29, 1.82) is 0 Å². The van der Waals surface area contributed by atoms with E-state index in [4.69, 9.17) is 21.7 Å². The normalized spacial score (nSPS) is 18.4. The molecular weight excluding hydrogens is 692 g/mol. The van der Waals surface area contributed by atoms with E-state index in [-0.39, 0.29) is 5.92 Å². The van der Waals surface area contributed by atoms with Crippen LogP contribution in [0.3, 0.4) is 0 Å². The van der Waals surface area contributed by atoms with Gasteiger partial charge < -0.3 is 30.7 Å². The molecule has 284 valence electrons. The number of hydrogen-bond acceptors (Lipinski definition) is 9. The lowest BCUT2D eigenvalue weighted by atomic mass is 9.90. The lowest BCUT2D eigenvalue weighted by molar-refractivity contribution is 0.414. The van der Waals surface area contributed by atoms with Gasteiger partial charge in [0.25, 0.3) is 0 Å². The Kier molecular flexibility index (Phi) is 12.1. The Labute approximate surface area is 326 Å². The predicted octanol–water partition coefficient (Wildman–Crippen LogP) is 8.76. The van der Waals surface area contributed by atoms with Crippen molar-refractivity contribution in [1.82, 2.24) is 30.4 Å². The van der Waals surface area contributed by atoms with Crippen molar-refractivity contribution in [3.05, 3.63) is 114 Å². The van der Waals surface area contributed by atoms with E-state index in [9.17, 15) is 0 Å². The van der Waals surface area contributed by atoms with Gasteiger partial charge in [0.1, 0.15) is 5.02 Å². The average molecular weight is 747 g/mol. The minimum absolute atomic E-state index is 0.164. The molecule has 4 aromatic rings. The number of para-hydroxylation sites is 1. The largest absolute Gasteiger partial charge is 0.373 e. The number of nitrogens with one attached hydrogen (secondary N) is 3. The summed E-state index contributed by atoms with van der Waals surface area (Å²) in [5.41, 5.74) is 10.8. The Morgan fingerprint density at radius 1 is 1.11 bits per heavy atom. The summed E-state index contributed by atoms with van der Waals surface area (Å²) in [6.45, 7) is 19.3. The Balaban J connectivity index is 0.00000160. The summed E-state index contributed by atoms with van der Waals surface area (Å²) in [6, 6.07) is 12.9. The number of anilines is 5. The summed E-state index contributed by atoms with van der Waals surface area (Å²) in [7, 11) is 10.0. The van der Waals surface area contributed by atoms with Gasteiger partial charge in [-0.25, -0.2) is 4.98 Å². The molecule has 3 aliphatic rings. The van der Waals surface area contributed by atoms with Crippen LogP contribution in [0, 0.1) is 5.92 Å². The second-order valence-corrected chi connectivity index (χ2v) is 15.0. The van der Waals surface area contributed by atoms with Crippen molar-refractivity contribution in [2.24, 2.45) is 13.0 Å². The van der Waals surface area contributed by atoms with Crippen LogP contribution in [-0.2, 0) is 7.05 Å². The summed E-state index contributed by atoms with van der Waals surface area (Å²) < 4.78 is 2.03. The van der Waals surface area contributed by atoms with E-state index in [0.29, 0.717) is 22.7 Å². The van der Waals surface area contributed by atoms with Crippen LogP contribution in [0.5, 0.6) is 0 Å². The van der Waals surface area contributed by atoms with Crippen molar-refractivity contribution >= 4 is 57.4 Å². The Hall–Kier alpha value is -5.06. The number of benzene rings is 2. The molecule has 3 N–H and O–H groups in total. The van der Waals surface area contributed by atoms with Gasteiger partial charge in [0, 0.05) is 86.1 Å². The number of piperidine rings is 2. The van der Waals surface area contributed by atoms with Gasteiger partial charge in [0.05, 0.1) is 23.1 Å². The van der Waals surface area contributed by atoms with E-state index in [1.807, 2.05) is 31.9 Å². The molecular formula is C43H55ClN10. The molecule has 11 heteroatoms. The number of likely N-dealkylation sites (N-methyl/N-ethyl adjacent to an activating group) is 1. The fraction of sp³-hybridized carbons (Fsp3) is 0.372. The molecule has 0 aliphatic carbocycles. The first-order valence-corrected chi connectivity index (χ1v) is 19.2. The van der Waals surface area contributed by atoms with Gasteiger partial charge >= 0.3 is 0 Å². The number of aryl methyl sites for hydroxylation is 1. The zero-order chi connectivity index (χ0) is 38.5. The summed E-state index contributed by atoms with van der Waals surface area (Å²) in [5, 5.41) is 16.3. The van der Waals surface area contributed by atoms with Crippen LogP contribution in [0.2, 0.25) is 5.02 Å². The number of halogens is 1. The van der Waals surface area contributed by atoms with Gasteiger partial charge in [-0.1, -0.05) is 49.5 Å².